The molecule has 2 N–H and O–H groups in total. The van der Waals surface area contributed by atoms with Gasteiger partial charge in [-0.25, -0.2) is 5.48 Å². The third kappa shape index (κ3) is 6.68. The van der Waals surface area contributed by atoms with Crippen LogP contribution in [0.4, 0.5) is 13.2 Å². The number of alkyl halides is 3. The van der Waals surface area contributed by atoms with Crippen molar-refractivity contribution in [2.75, 3.05) is 6.61 Å². The smallest absolute Gasteiger partial charge is 0.340 e. The third-order valence-electron chi connectivity index (χ3n) is 2.96. The Morgan fingerprint density at radius 2 is 1.74 bits per heavy atom. The third-order valence-corrected chi connectivity index (χ3v) is 2.96. The van der Waals surface area contributed by atoms with Crippen LogP contribution in [0.15, 0.2) is 24.3 Å². The Hall–Kier alpha value is -2.09. The lowest BCUT2D eigenvalue weighted by atomic mass is 10.0. The molecule has 0 spiro atoms. The Bertz CT molecular complexity index is 542. The molecule has 23 heavy (non-hydrogen) atoms. The summed E-state index contributed by atoms with van der Waals surface area (Å²) in [6.07, 6.45) is -4.55. The average molecular weight is 332 g/mol. The normalized spacial score (nSPS) is 12.8. The number of benzene rings is 1. The predicted molar refractivity (Wildman–Crippen MR) is 77.4 cm³/mol. The maximum atomic E-state index is 12.1. The second-order valence-electron chi connectivity index (χ2n) is 5.43. The zero-order valence-electron chi connectivity index (χ0n) is 13.0. The van der Waals surface area contributed by atoms with Crippen molar-refractivity contribution in [2.45, 2.75) is 33.0 Å². The molecule has 1 rings (SSSR count). The second kappa shape index (κ2) is 7.96. The Morgan fingerprint density at radius 3 is 2.22 bits per heavy atom. The molecule has 8 heteroatoms. The van der Waals surface area contributed by atoms with Gasteiger partial charge in [-0.05, 0) is 25.0 Å². The van der Waals surface area contributed by atoms with Crippen molar-refractivity contribution >= 4 is 11.8 Å². The van der Waals surface area contributed by atoms with Crippen molar-refractivity contribution in [2.24, 2.45) is 5.92 Å². The van der Waals surface area contributed by atoms with Crippen LogP contribution in [0.25, 0.3) is 0 Å². The monoisotopic (exact) mass is 332 g/mol. The van der Waals surface area contributed by atoms with E-state index in [2.05, 4.69) is 10.2 Å². The molecule has 1 unspecified atom stereocenters. The quantitative estimate of drug-likeness (QED) is 0.786. The van der Waals surface area contributed by atoms with Gasteiger partial charge >= 0.3 is 6.18 Å². The lowest BCUT2D eigenvalue weighted by Crippen LogP contribution is -2.50. The Kier molecular flexibility index (Phi) is 6.56. The molecule has 0 aliphatic heterocycles. The SMILES string of the molecule is Cc1ccc(C(=O)NC(C(=O)NOCC(F)(F)F)C(C)C)cc1. The first kappa shape index (κ1) is 19.0. The van der Waals surface area contributed by atoms with Crippen molar-refractivity contribution in [3.63, 3.8) is 0 Å². The van der Waals surface area contributed by atoms with Gasteiger partial charge in [0.15, 0.2) is 6.61 Å². The summed E-state index contributed by atoms with van der Waals surface area (Å²) < 4.78 is 36.0. The number of nitrogens with one attached hydrogen (secondary N) is 2. The number of amides is 2. The second-order valence-corrected chi connectivity index (χ2v) is 5.43. The summed E-state index contributed by atoms with van der Waals surface area (Å²) in [5, 5.41) is 2.49. The lowest BCUT2D eigenvalue weighted by Gasteiger charge is -2.21. The van der Waals surface area contributed by atoms with Gasteiger partial charge < -0.3 is 5.32 Å². The van der Waals surface area contributed by atoms with Crippen molar-refractivity contribution in [3.05, 3.63) is 35.4 Å². The molecule has 0 aliphatic rings. The number of halogens is 3. The highest BCUT2D eigenvalue weighted by atomic mass is 19.4. The van der Waals surface area contributed by atoms with E-state index in [-0.39, 0.29) is 5.92 Å². The van der Waals surface area contributed by atoms with Crippen molar-refractivity contribution in [3.8, 4) is 0 Å². The fraction of sp³-hybridized carbons (Fsp3) is 0.467. The zero-order chi connectivity index (χ0) is 17.6. The van der Waals surface area contributed by atoms with Crippen LogP contribution in [-0.4, -0.2) is 30.6 Å². The number of carbonyl (C=O) groups excluding carboxylic acids is 2. The molecule has 128 valence electrons. The molecule has 5 nitrogen and oxygen atoms in total. The molecule has 0 saturated heterocycles. The Morgan fingerprint density at radius 1 is 1.17 bits per heavy atom. The van der Waals surface area contributed by atoms with Gasteiger partial charge in [-0.1, -0.05) is 31.5 Å². The standard InChI is InChI=1S/C15H19F3N2O3/c1-9(2)12(14(22)20-23-8-15(16,17)18)19-13(21)11-6-4-10(3)5-7-11/h4-7,9,12H,8H2,1-3H3,(H,19,21)(H,20,22). The van der Waals surface area contributed by atoms with Gasteiger partial charge in [0.2, 0.25) is 0 Å². The molecule has 0 fully saturated rings. The lowest BCUT2D eigenvalue weighted by molar-refractivity contribution is -0.192. The molecule has 0 bridgehead atoms. The molecular weight excluding hydrogens is 313 g/mol. The first-order chi connectivity index (χ1) is 10.6. The highest BCUT2D eigenvalue weighted by Crippen LogP contribution is 2.14. The van der Waals surface area contributed by atoms with Crippen LogP contribution in [-0.2, 0) is 9.63 Å². The minimum atomic E-state index is -4.55. The van der Waals surface area contributed by atoms with Gasteiger partial charge in [0.05, 0.1) is 0 Å². The van der Waals surface area contributed by atoms with Gasteiger partial charge in [-0.2, -0.15) is 13.2 Å². The first-order valence-corrected chi connectivity index (χ1v) is 6.96. The van der Waals surface area contributed by atoms with E-state index in [0.29, 0.717) is 5.56 Å². The van der Waals surface area contributed by atoms with Gasteiger partial charge in [0.1, 0.15) is 6.04 Å². The zero-order valence-corrected chi connectivity index (χ0v) is 13.0. The van der Waals surface area contributed by atoms with Crippen molar-refractivity contribution in [1.82, 2.24) is 10.8 Å². The van der Waals surface area contributed by atoms with Crippen molar-refractivity contribution < 1.29 is 27.6 Å². The number of aryl methyl sites for hydroxylation is 1. The van der Waals surface area contributed by atoms with E-state index in [1.807, 2.05) is 6.92 Å². The van der Waals surface area contributed by atoms with Gasteiger partial charge in [0, 0.05) is 5.56 Å². The summed E-state index contributed by atoms with van der Waals surface area (Å²) in [4.78, 5) is 28.1. The number of carbonyl (C=O) groups is 2. The van der Waals surface area contributed by atoms with E-state index in [1.54, 1.807) is 43.6 Å². The highest BCUT2D eigenvalue weighted by molar-refractivity contribution is 5.97. The van der Waals surface area contributed by atoms with Crippen LogP contribution in [0, 0.1) is 12.8 Å². The Labute approximate surface area is 132 Å². The van der Waals surface area contributed by atoms with Crippen LogP contribution < -0.4 is 10.8 Å². The minimum Gasteiger partial charge on any atom is -0.340 e. The molecule has 0 radical (unpaired) electrons. The molecule has 1 aromatic rings. The number of hydrogen-bond acceptors (Lipinski definition) is 3. The summed E-state index contributed by atoms with van der Waals surface area (Å²) >= 11 is 0. The van der Waals surface area contributed by atoms with E-state index >= 15 is 0 Å². The topological polar surface area (TPSA) is 67.4 Å². The summed E-state index contributed by atoms with van der Waals surface area (Å²) in [5.74, 6) is -1.67. The fourth-order valence-electron chi connectivity index (χ4n) is 1.72. The van der Waals surface area contributed by atoms with E-state index in [0.717, 1.165) is 5.56 Å². The highest BCUT2D eigenvalue weighted by Gasteiger charge is 2.30. The largest absolute Gasteiger partial charge is 0.414 e. The summed E-state index contributed by atoms with van der Waals surface area (Å²) in [6.45, 7) is 3.58. The summed E-state index contributed by atoms with van der Waals surface area (Å²) in [7, 11) is 0. The maximum absolute atomic E-state index is 12.1. The molecule has 0 saturated carbocycles. The molecule has 2 amide bonds. The van der Waals surface area contributed by atoms with Crippen LogP contribution in [0.5, 0.6) is 0 Å². The summed E-state index contributed by atoms with van der Waals surface area (Å²) in [6, 6.07) is 5.66. The fourth-order valence-corrected chi connectivity index (χ4v) is 1.72. The van der Waals surface area contributed by atoms with Gasteiger partial charge in [-0.3, -0.25) is 14.4 Å². The average Bonchev–Trinajstić information content (AvgIpc) is 2.43. The van der Waals surface area contributed by atoms with Crippen LogP contribution in [0.1, 0.15) is 29.8 Å². The molecule has 1 atom stereocenters. The van der Waals surface area contributed by atoms with Gasteiger partial charge in [0.25, 0.3) is 11.8 Å². The molecule has 1 aromatic carbocycles. The van der Waals surface area contributed by atoms with Gasteiger partial charge in [-0.15, -0.1) is 0 Å². The summed E-state index contributed by atoms with van der Waals surface area (Å²) in [5.41, 5.74) is 3.04. The number of hydroxylamine groups is 1. The van der Waals surface area contributed by atoms with E-state index in [1.165, 1.54) is 0 Å². The van der Waals surface area contributed by atoms with E-state index in [4.69, 9.17) is 0 Å². The predicted octanol–water partition coefficient (Wildman–Crippen LogP) is 2.36. The molecular formula is C15H19F3N2O3. The number of rotatable bonds is 6. The van der Waals surface area contributed by atoms with E-state index < -0.39 is 30.6 Å². The molecule has 0 aromatic heterocycles. The maximum Gasteiger partial charge on any atom is 0.414 e. The number of hydrogen-bond donors (Lipinski definition) is 2. The Balaban J connectivity index is 2.65. The van der Waals surface area contributed by atoms with Crippen LogP contribution in [0.2, 0.25) is 0 Å². The van der Waals surface area contributed by atoms with Crippen LogP contribution in [0.3, 0.4) is 0 Å². The molecule has 0 heterocycles. The van der Waals surface area contributed by atoms with Crippen LogP contribution >= 0.6 is 0 Å². The first-order valence-electron chi connectivity index (χ1n) is 6.96. The van der Waals surface area contributed by atoms with Crippen molar-refractivity contribution in [1.29, 1.82) is 0 Å². The minimum absolute atomic E-state index is 0.334. The molecule has 0 aliphatic carbocycles. The van der Waals surface area contributed by atoms with E-state index in [9.17, 15) is 22.8 Å².